The van der Waals surface area contributed by atoms with E-state index >= 15 is 0 Å². The second kappa shape index (κ2) is 3.43. The Morgan fingerprint density at radius 2 is 2.13 bits per heavy atom. The van der Waals surface area contributed by atoms with E-state index in [1.54, 1.807) is 18.3 Å². The molecule has 5 nitrogen and oxygen atoms in total. The van der Waals surface area contributed by atoms with Crippen LogP contribution in [0.15, 0.2) is 41.8 Å². The van der Waals surface area contributed by atoms with Crippen molar-refractivity contribution < 1.29 is 12.3 Å². The first-order valence-corrected chi connectivity index (χ1v) is 5.35. The van der Waals surface area contributed by atoms with Crippen LogP contribution in [0.4, 0.5) is 3.89 Å². The van der Waals surface area contributed by atoms with E-state index in [0.717, 1.165) is 12.4 Å². The monoisotopic (exact) mass is 227 g/mol. The number of hydrogen-bond donors (Lipinski definition) is 0. The first kappa shape index (κ1) is 9.78. The molecule has 0 atom stereocenters. The van der Waals surface area contributed by atoms with E-state index in [2.05, 4.69) is 10.1 Å². The number of nitrogens with zero attached hydrogens (tertiary/aromatic N) is 3. The van der Waals surface area contributed by atoms with Crippen LogP contribution < -0.4 is 0 Å². The predicted octanol–water partition coefficient (Wildman–Crippen LogP) is 0.925. The van der Waals surface area contributed by atoms with Gasteiger partial charge in [-0.15, -0.1) is 3.89 Å². The largest absolute Gasteiger partial charge is 0.335 e. The van der Waals surface area contributed by atoms with Gasteiger partial charge in [-0.05, 0) is 12.1 Å². The molecular weight excluding hydrogens is 221 g/mol. The van der Waals surface area contributed by atoms with Crippen LogP contribution in [-0.2, 0) is 10.2 Å². The van der Waals surface area contributed by atoms with Gasteiger partial charge in [-0.3, -0.25) is 4.98 Å². The van der Waals surface area contributed by atoms with Gasteiger partial charge in [0.15, 0.2) is 0 Å². The minimum atomic E-state index is -4.69. The average molecular weight is 227 g/mol. The number of rotatable bonds is 2. The Morgan fingerprint density at radius 1 is 1.33 bits per heavy atom. The zero-order chi connectivity index (χ0) is 10.9. The summed E-state index contributed by atoms with van der Waals surface area (Å²) < 4.78 is 34.9. The van der Waals surface area contributed by atoms with Crippen molar-refractivity contribution in [3.63, 3.8) is 0 Å². The van der Waals surface area contributed by atoms with E-state index in [4.69, 9.17) is 0 Å². The van der Waals surface area contributed by atoms with Crippen LogP contribution in [0, 0.1) is 0 Å². The van der Waals surface area contributed by atoms with Gasteiger partial charge in [0.1, 0.15) is 4.90 Å². The molecule has 0 spiro atoms. The van der Waals surface area contributed by atoms with Gasteiger partial charge in [-0.1, -0.05) is 0 Å². The Bertz CT molecular complexity index is 565. The highest BCUT2D eigenvalue weighted by molar-refractivity contribution is 7.86. The van der Waals surface area contributed by atoms with Gasteiger partial charge in [0.2, 0.25) is 0 Å². The molecule has 15 heavy (non-hydrogen) atoms. The Balaban J connectivity index is 2.46. The predicted molar refractivity (Wildman–Crippen MR) is 49.7 cm³/mol. The molecule has 2 aromatic heterocycles. The van der Waals surface area contributed by atoms with Crippen LogP contribution in [-0.4, -0.2) is 23.2 Å². The number of hydrogen-bond acceptors (Lipinski definition) is 4. The van der Waals surface area contributed by atoms with Crippen molar-refractivity contribution in [1.29, 1.82) is 0 Å². The van der Waals surface area contributed by atoms with Gasteiger partial charge >= 0.3 is 10.2 Å². The van der Waals surface area contributed by atoms with E-state index < -0.39 is 15.1 Å². The lowest BCUT2D eigenvalue weighted by Crippen LogP contribution is -1.94. The minimum absolute atomic E-state index is 0.466. The summed E-state index contributed by atoms with van der Waals surface area (Å²) in [5, 5.41) is 3.71. The molecule has 78 valence electrons. The summed E-state index contributed by atoms with van der Waals surface area (Å²) in [6.07, 6.45) is 5.09. The maximum Gasteiger partial charge on any atom is 0.335 e. The fourth-order valence-electron chi connectivity index (χ4n) is 1.06. The molecule has 2 rings (SSSR count). The number of halogens is 1. The highest BCUT2D eigenvalue weighted by Gasteiger charge is 2.14. The van der Waals surface area contributed by atoms with Crippen molar-refractivity contribution in [3.05, 3.63) is 36.9 Å². The second-order valence-electron chi connectivity index (χ2n) is 2.77. The van der Waals surface area contributed by atoms with E-state index in [0.29, 0.717) is 5.69 Å². The summed E-state index contributed by atoms with van der Waals surface area (Å²) in [5.74, 6) is 0. The third kappa shape index (κ3) is 2.01. The minimum Gasteiger partial charge on any atom is -0.262 e. The van der Waals surface area contributed by atoms with Crippen molar-refractivity contribution >= 4 is 10.2 Å². The molecule has 0 fully saturated rings. The summed E-state index contributed by atoms with van der Waals surface area (Å²) in [7, 11) is -4.69. The summed E-state index contributed by atoms with van der Waals surface area (Å²) in [6.45, 7) is 0. The molecule has 0 aliphatic rings. The van der Waals surface area contributed by atoms with Gasteiger partial charge in [0.05, 0.1) is 24.3 Å². The molecule has 7 heteroatoms. The topological polar surface area (TPSA) is 64.8 Å². The summed E-state index contributed by atoms with van der Waals surface area (Å²) in [4.78, 5) is 3.36. The quantitative estimate of drug-likeness (QED) is 0.716. The molecular formula is C8H6FN3O2S. The van der Waals surface area contributed by atoms with Crippen LogP contribution >= 0.6 is 0 Å². The second-order valence-corrected chi connectivity index (χ2v) is 4.12. The zero-order valence-corrected chi connectivity index (χ0v) is 8.22. The van der Waals surface area contributed by atoms with Crippen LogP contribution in [0.2, 0.25) is 0 Å². The molecule has 0 saturated carbocycles. The Labute approximate surface area is 85.4 Å². The maximum atomic E-state index is 12.6. The fraction of sp³-hybridized carbons (Fsp3) is 0. The summed E-state index contributed by atoms with van der Waals surface area (Å²) in [5.41, 5.74) is 0.562. The SMILES string of the molecule is O=S(=O)(F)c1cnn(-c2cccnc2)c1. The van der Waals surface area contributed by atoms with E-state index in [1.165, 1.54) is 10.9 Å². The van der Waals surface area contributed by atoms with E-state index in [-0.39, 0.29) is 0 Å². The molecule has 2 aromatic rings. The molecule has 0 bridgehead atoms. The first-order valence-electron chi connectivity index (χ1n) is 3.97. The Hall–Kier alpha value is -1.76. The van der Waals surface area contributed by atoms with Gasteiger partial charge in [0.25, 0.3) is 0 Å². The smallest absolute Gasteiger partial charge is 0.262 e. The van der Waals surface area contributed by atoms with Gasteiger partial charge in [-0.2, -0.15) is 13.5 Å². The lowest BCUT2D eigenvalue weighted by molar-refractivity contribution is 0.552. The van der Waals surface area contributed by atoms with Crippen molar-refractivity contribution in [3.8, 4) is 5.69 Å². The number of pyridine rings is 1. The molecule has 0 aromatic carbocycles. The molecule has 0 unspecified atom stereocenters. The van der Waals surface area contributed by atoms with Crippen LogP contribution in [0.3, 0.4) is 0 Å². The zero-order valence-electron chi connectivity index (χ0n) is 7.41. The van der Waals surface area contributed by atoms with Crippen LogP contribution in [0.1, 0.15) is 0 Å². The van der Waals surface area contributed by atoms with Crippen molar-refractivity contribution in [2.75, 3.05) is 0 Å². The molecule has 0 N–H and O–H groups in total. The molecule has 0 radical (unpaired) electrons. The molecule has 0 amide bonds. The molecule has 2 heterocycles. The summed E-state index contributed by atoms with van der Waals surface area (Å²) >= 11 is 0. The van der Waals surface area contributed by atoms with Crippen LogP contribution in [0.25, 0.3) is 5.69 Å². The Morgan fingerprint density at radius 3 is 2.67 bits per heavy atom. The normalized spacial score (nSPS) is 11.5. The molecule has 0 aliphatic heterocycles. The third-order valence-electron chi connectivity index (χ3n) is 1.75. The Kier molecular flexibility index (Phi) is 2.24. The lowest BCUT2D eigenvalue weighted by Gasteiger charge is -1.97. The van der Waals surface area contributed by atoms with Crippen LogP contribution in [0.5, 0.6) is 0 Å². The lowest BCUT2D eigenvalue weighted by atomic mass is 10.4. The highest BCUT2D eigenvalue weighted by Crippen LogP contribution is 2.13. The standard InChI is InChI=1S/C8H6FN3O2S/c9-15(13,14)8-5-11-12(6-8)7-2-1-3-10-4-7/h1-6H. The third-order valence-corrected chi connectivity index (χ3v) is 2.52. The molecule has 0 saturated heterocycles. The van der Waals surface area contributed by atoms with Crippen molar-refractivity contribution in [1.82, 2.24) is 14.8 Å². The van der Waals surface area contributed by atoms with Crippen molar-refractivity contribution in [2.24, 2.45) is 0 Å². The van der Waals surface area contributed by atoms with E-state index in [9.17, 15) is 12.3 Å². The summed E-state index contributed by atoms with van der Waals surface area (Å²) in [6, 6.07) is 3.34. The number of aromatic nitrogens is 3. The maximum absolute atomic E-state index is 12.6. The molecule has 0 aliphatic carbocycles. The van der Waals surface area contributed by atoms with E-state index in [1.807, 2.05) is 0 Å². The first-order chi connectivity index (χ1) is 7.07. The van der Waals surface area contributed by atoms with Gasteiger partial charge in [0, 0.05) is 6.20 Å². The van der Waals surface area contributed by atoms with Gasteiger partial charge < -0.3 is 0 Å². The average Bonchev–Trinajstić information content (AvgIpc) is 2.67. The van der Waals surface area contributed by atoms with Gasteiger partial charge in [-0.25, -0.2) is 4.68 Å². The highest BCUT2D eigenvalue weighted by atomic mass is 32.3. The fourth-order valence-corrected chi connectivity index (χ4v) is 1.46. The van der Waals surface area contributed by atoms with Crippen molar-refractivity contribution in [2.45, 2.75) is 4.90 Å².